The first kappa shape index (κ1) is 22.1. The van der Waals surface area contributed by atoms with Crippen LogP contribution in [0.2, 0.25) is 0 Å². The molecule has 11 heteroatoms. The second kappa shape index (κ2) is 9.10. The fourth-order valence-corrected chi connectivity index (χ4v) is 2.21. The molecule has 132 valence electrons. The summed E-state index contributed by atoms with van der Waals surface area (Å²) in [5.41, 5.74) is 0.539. The molecule has 0 bridgehead atoms. The third-order valence-corrected chi connectivity index (χ3v) is 3.25. The van der Waals surface area contributed by atoms with Crippen LogP contribution in [0.5, 0.6) is 11.5 Å². The number of aromatic hydroxyl groups is 1. The minimum absolute atomic E-state index is 0. The van der Waals surface area contributed by atoms with Crippen LogP contribution in [-0.2, 0) is 10.4 Å². The Kier molecular flexibility index (Phi) is 7.72. The van der Waals surface area contributed by atoms with Gasteiger partial charge < -0.3 is 13.8 Å². The Labute approximate surface area is 172 Å². The Hall–Kier alpha value is -1.98. The molecule has 0 radical (unpaired) electrons. The number of carbonyl (C=O) groups is 1. The van der Waals surface area contributed by atoms with Gasteiger partial charge in [0.15, 0.2) is 11.5 Å². The quantitative estimate of drug-likeness (QED) is 0.168. The van der Waals surface area contributed by atoms with E-state index in [1.165, 1.54) is 23.2 Å². The van der Waals surface area contributed by atoms with Gasteiger partial charge in [-0.1, -0.05) is 5.22 Å². The predicted molar refractivity (Wildman–Crippen MR) is 86.5 cm³/mol. The average molecular weight is 387 g/mol. The zero-order chi connectivity index (χ0) is 18.6. The minimum atomic E-state index is -5.10. The summed E-state index contributed by atoms with van der Waals surface area (Å²) in [6.45, 7) is 0. The largest absolute Gasteiger partial charge is 1.00 e. The fraction of sp³-hybridized carbons (Fsp3) is 0.133. The second-order valence-electron chi connectivity index (χ2n) is 5.08. The standard InChI is InChI=1S/C15H15N3O6S.Na/c1-18(2)17-16-11-5-3-10(4-6-11)15(20)13-8-7-12(19)9-14(13)24-25(21,22)23;/h3-9,19H,1-2H3,(H,21,22,23);/q;+1/p-1. The van der Waals surface area contributed by atoms with Gasteiger partial charge in [-0.25, -0.2) is 8.42 Å². The molecule has 0 saturated heterocycles. The first-order chi connectivity index (χ1) is 11.7. The SMILES string of the molecule is CN(C)N=Nc1ccc(C(=O)c2ccc(O)cc2OS(=O)(=O)[O-])cc1.[Na+]. The van der Waals surface area contributed by atoms with E-state index in [0.29, 0.717) is 5.69 Å². The van der Waals surface area contributed by atoms with E-state index in [4.69, 9.17) is 0 Å². The van der Waals surface area contributed by atoms with Gasteiger partial charge in [-0.05, 0) is 36.4 Å². The molecule has 9 nitrogen and oxygen atoms in total. The van der Waals surface area contributed by atoms with E-state index >= 15 is 0 Å². The number of phenolic OH excluding ortho intramolecular Hbond substituents is 1. The zero-order valence-electron chi connectivity index (χ0n) is 14.3. The number of phenols is 1. The molecule has 0 unspecified atom stereocenters. The van der Waals surface area contributed by atoms with E-state index in [0.717, 1.165) is 12.1 Å². The van der Waals surface area contributed by atoms with Crippen molar-refractivity contribution < 1.29 is 56.6 Å². The van der Waals surface area contributed by atoms with Gasteiger partial charge in [0.1, 0.15) is 5.75 Å². The van der Waals surface area contributed by atoms with Crippen LogP contribution in [0.4, 0.5) is 5.69 Å². The van der Waals surface area contributed by atoms with Crippen molar-refractivity contribution in [2.45, 2.75) is 0 Å². The van der Waals surface area contributed by atoms with E-state index in [-0.39, 0.29) is 46.4 Å². The molecule has 0 amide bonds. The van der Waals surface area contributed by atoms with Crippen LogP contribution in [-0.4, -0.2) is 43.0 Å². The number of nitrogens with zero attached hydrogens (tertiary/aromatic N) is 3. The summed E-state index contributed by atoms with van der Waals surface area (Å²) in [5.74, 6) is -1.49. The molecular weight excluding hydrogens is 373 g/mol. The Morgan fingerprint density at radius 3 is 2.31 bits per heavy atom. The molecule has 0 heterocycles. The van der Waals surface area contributed by atoms with Crippen LogP contribution in [0.1, 0.15) is 15.9 Å². The minimum Gasteiger partial charge on any atom is -0.716 e. The number of benzene rings is 2. The molecule has 2 rings (SSSR count). The van der Waals surface area contributed by atoms with Crippen LogP contribution in [0.25, 0.3) is 0 Å². The van der Waals surface area contributed by atoms with Gasteiger partial charge in [0.05, 0.1) is 11.3 Å². The molecule has 1 N–H and O–H groups in total. The van der Waals surface area contributed by atoms with Crippen molar-refractivity contribution in [2.75, 3.05) is 14.1 Å². The molecular formula is C15H14N3NaO6S. The zero-order valence-corrected chi connectivity index (χ0v) is 17.1. The van der Waals surface area contributed by atoms with Gasteiger partial charge in [0.2, 0.25) is 0 Å². The average Bonchev–Trinajstić information content (AvgIpc) is 2.51. The van der Waals surface area contributed by atoms with Crippen molar-refractivity contribution in [2.24, 2.45) is 10.3 Å². The molecule has 0 spiro atoms. The summed E-state index contributed by atoms with van der Waals surface area (Å²) in [5, 5.41) is 18.6. The molecule has 2 aromatic carbocycles. The fourth-order valence-electron chi connectivity index (χ4n) is 1.85. The summed E-state index contributed by atoms with van der Waals surface area (Å²) in [6, 6.07) is 9.25. The van der Waals surface area contributed by atoms with Crippen LogP contribution in [0, 0.1) is 0 Å². The van der Waals surface area contributed by atoms with Crippen molar-refractivity contribution in [1.29, 1.82) is 0 Å². The van der Waals surface area contributed by atoms with Crippen molar-refractivity contribution in [3.63, 3.8) is 0 Å². The Balaban J connectivity index is 0.00000338. The summed E-state index contributed by atoms with van der Waals surface area (Å²) < 4.78 is 36.6. The van der Waals surface area contributed by atoms with Gasteiger partial charge in [0.25, 0.3) is 10.4 Å². The molecule has 0 fully saturated rings. The first-order valence-electron chi connectivity index (χ1n) is 6.88. The van der Waals surface area contributed by atoms with Crippen LogP contribution < -0.4 is 33.7 Å². The first-order valence-corrected chi connectivity index (χ1v) is 8.21. The Morgan fingerprint density at radius 1 is 1.15 bits per heavy atom. The van der Waals surface area contributed by atoms with Crippen LogP contribution >= 0.6 is 0 Å². The number of hydrogen-bond donors (Lipinski definition) is 1. The molecule has 0 atom stereocenters. The molecule has 0 aromatic heterocycles. The smallest absolute Gasteiger partial charge is 0.716 e. The molecule has 0 aliphatic carbocycles. The summed E-state index contributed by atoms with van der Waals surface area (Å²) >= 11 is 0. The number of carbonyl (C=O) groups excluding carboxylic acids is 1. The van der Waals surface area contributed by atoms with E-state index < -0.39 is 21.9 Å². The summed E-state index contributed by atoms with van der Waals surface area (Å²) in [6.07, 6.45) is 0. The molecule has 0 aliphatic heterocycles. The van der Waals surface area contributed by atoms with Gasteiger partial charge in [-0.3, -0.25) is 9.80 Å². The van der Waals surface area contributed by atoms with Gasteiger partial charge in [0, 0.05) is 25.7 Å². The molecule has 2 aromatic rings. The normalized spacial score (nSPS) is 11.0. The second-order valence-corrected chi connectivity index (χ2v) is 6.07. The third kappa shape index (κ3) is 6.39. The number of hydrogen-bond acceptors (Lipinski definition) is 8. The molecule has 0 saturated carbocycles. The summed E-state index contributed by atoms with van der Waals surface area (Å²) in [7, 11) is -1.69. The number of ketones is 1. The van der Waals surface area contributed by atoms with Crippen molar-refractivity contribution in [3.05, 3.63) is 53.6 Å². The number of rotatable bonds is 6. The van der Waals surface area contributed by atoms with E-state index in [1.807, 2.05) is 0 Å². The van der Waals surface area contributed by atoms with Crippen molar-refractivity contribution in [3.8, 4) is 11.5 Å². The van der Waals surface area contributed by atoms with Crippen molar-refractivity contribution in [1.82, 2.24) is 5.01 Å². The topological polar surface area (TPSA) is 132 Å². The summed E-state index contributed by atoms with van der Waals surface area (Å²) in [4.78, 5) is 12.5. The van der Waals surface area contributed by atoms with Gasteiger partial charge in [-0.2, -0.15) is 0 Å². The predicted octanol–water partition coefficient (Wildman–Crippen LogP) is -0.973. The monoisotopic (exact) mass is 387 g/mol. The van der Waals surface area contributed by atoms with Crippen LogP contribution in [0.3, 0.4) is 0 Å². The van der Waals surface area contributed by atoms with Gasteiger partial charge >= 0.3 is 29.6 Å². The van der Waals surface area contributed by atoms with Gasteiger partial charge in [-0.15, -0.1) is 5.11 Å². The van der Waals surface area contributed by atoms with Crippen LogP contribution in [0.15, 0.2) is 52.8 Å². The Morgan fingerprint density at radius 2 is 1.77 bits per heavy atom. The maximum atomic E-state index is 12.5. The van der Waals surface area contributed by atoms with E-state index in [1.54, 1.807) is 26.2 Å². The van der Waals surface area contributed by atoms with Crippen molar-refractivity contribution >= 4 is 21.9 Å². The Bertz CT molecular complexity index is 913. The molecule has 26 heavy (non-hydrogen) atoms. The maximum Gasteiger partial charge on any atom is 1.00 e. The third-order valence-electron chi connectivity index (χ3n) is 2.87. The van der Waals surface area contributed by atoms with E-state index in [9.17, 15) is 22.9 Å². The molecule has 0 aliphatic rings. The maximum absolute atomic E-state index is 12.5. The van der Waals surface area contributed by atoms with E-state index in [2.05, 4.69) is 14.5 Å².